The van der Waals surface area contributed by atoms with Crippen LogP contribution in [0.2, 0.25) is 0 Å². The van der Waals surface area contributed by atoms with Gasteiger partial charge in [0.2, 0.25) is 0 Å². The van der Waals surface area contributed by atoms with Gasteiger partial charge in [-0.25, -0.2) is 0 Å². The number of aryl methyl sites for hydroxylation is 1. The van der Waals surface area contributed by atoms with Crippen LogP contribution < -0.4 is 0 Å². The highest BCUT2D eigenvalue weighted by Crippen LogP contribution is 2.22. The molecule has 0 saturated heterocycles. The fourth-order valence-electron chi connectivity index (χ4n) is 3.06. The van der Waals surface area contributed by atoms with Gasteiger partial charge in [0, 0.05) is 5.56 Å². The molecule has 2 aromatic carbocycles. The third-order valence-corrected chi connectivity index (χ3v) is 4.43. The number of Topliss-reactive ketones (excluding diaryl/α,β-unsaturated/α-hetero) is 1. The van der Waals surface area contributed by atoms with Crippen molar-refractivity contribution in [2.24, 2.45) is 0 Å². The third-order valence-electron chi connectivity index (χ3n) is 4.43. The van der Waals surface area contributed by atoms with E-state index in [9.17, 15) is 4.79 Å². The summed E-state index contributed by atoms with van der Waals surface area (Å²) in [6.07, 6.45) is 10.6. The Morgan fingerprint density at radius 3 is 2.36 bits per heavy atom. The molecule has 0 aliphatic rings. The van der Waals surface area contributed by atoms with E-state index in [1.807, 2.05) is 12.1 Å². The predicted octanol–water partition coefficient (Wildman–Crippen LogP) is 6.34. The Labute approximate surface area is 134 Å². The molecule has 0 N–H and O–H groups in total. The predicted molar refractivity (Wildman–Crippen MR) is 95.6 cm³/mol. The fourth-order valence-corrected chi connectivity index (χ4v) is 3.06. The monoisotopic (exact) mass is 296 g/mol. The van der Waals surface area contributed by atoms with Crippen molar-refractivity contribution in [1.82, 2.24) is 0 Å². The molecule has 0 heterocycles. The van der Waals surface area contributed by atoms with Gasteiger partial charge in [0.25, 0.3) is 0 Å². The molecule has 0 atom stereocenters. The summed E-state index contributed by atoms with van der Waals surface area (Å²) in [7, 11) is 0. The summed E-state index contributed by atoms with van der Waals surface area (Å²) in [6, 6.07) is 12.5. The van der Waals surface area contributed by atoms with Crippen molar-refractivity contribution >= 4 is 16.6 Å². The number of hydrogen-bond donors (Lipinski definition) is 0. The molecule has 2 rings (SSSR count). The van der Waals surface area contributed by atoms with Crippen molar-refractivity contribution in [1.29, 1.82) is 0 Å². The summed E-state index contributed by atoms with van der Waals surface area (Å²) in [5.74, 6) is 0.138. The van der Waals surface area contributed by atoms with Crippen LogP contribution >= 0.6 is 0 Å². The van der Waals surface area contributed by atoms with Gasteiger partial charge < -0.3 is 0 Å². The van der Waals surface area contributed by atoms with Crippen LogP contribution in [0, 0.1) is 0 Å². The van der Waals surface area contributed by atoms with Crippen LogP contribution in [-0.2, 0) is 6.42 Å². The second-order valence-electron chi connectivity index (χ2n) is 6.28. The quantitative estimate of drug-likeness (QED) is 0.390. The molecule has 0 spiro atoms. The molecular formula is C21H28O. The first kappa shape index (κ1) is 16.7. The zero-order valence-corrected chi connectivity index (χ0v) is 14.0. The normalized spacial score (nSPS) is 11.0. The Morgan fingerprint density at radius 1 is 0.909 bits per heavy atom. The lowest BCUT2D eigenvalue weighted by molar-refractivity contribution is 0.101. The number of benzene rings is 2. The van der Waals surface area contributed by atoms with Gasteiger partial charge in [0.1, 0.15) is 0 Å². The summed E-state index contributed by atoms with van der Waals surface area (Å²) in [5.41, 5.74) is 2.22. The molecule has 22 heavy (non-hydrogen) atoms. The van der Waals surface area contributed by atoms with Crippen molar-refractivity contribution in [3.8, 4) is 0 Å². The number of rotatable bonds is 9. The number of carbonyl (C=O) groups excluding carboxylic acids is 1. The maximum absolute atomic E-state index is 11.5. The molecule has 0 saturated carbocycles. The summed E-state index contributed by atoms with van der Waals surface area (Å²) < 4.78 is 0. The standard InChI is InChI=1S/C21H28O/c1-3-4-5-6-7-8-9-11-18-12-10-13-20-16-19(17(2)22)14-15-21(18)20/h10,12-16H,3-9,11H2,1-2H3. The first-order valence-corrected chi connectivity index (χ1v) is 8.75. The summed E-state index contributed by atoms with van der Waals surface area (Å²) in [4.78, 5) is 11.5. The average Bonchev–Trinajstić information content (AvgIpc) is 2.53. The van der Waals surface area contributed by atoms with Crippen LogP contribution in [0.25, 0.3) is 10.8 Å². The molecule has 0 radical (unpaired) electrons. The highest BCUT2D eigenvalue weighted by atomic mass is 16.1. The van der Waals surface area contributed by atoms with E-state index in [1.165, 1.54) is 61.3 Å². The highest BCUT2D eigenvalue weighted by molar-refractivity contribution is 5.99. The van der Waals surface area contributed by atoms with Gasteiger partial charge in [0.15, 0.2) is 5.78 Å². The molecule has 0 aliphatic carbocycles. The fraction of sp³-hybridized carbons (Fsp3) is 0.476. The molecule has 0 amide bonds. The van der Waals surface area contributed by atoms with Crippen molar-refractivity contribution in [2.75, 3.05) is 0 Å². The second-order valence-corrected chi connectivity index (χ2v) is 6.28. The summed E-state index contributed by atoms with van der Waals surface area (Å²) in [6.45, 7) is 3.89. The number of carbonyl (C=O) groups is 1. The Bertz CT molecular complexity index is 612. The van der Waals surface area contributed by atoms with E-state index < -0.39 is 0 Å². The van der Waals surface area contributed by atoms with E-state index in [0.717, 1.165) is 12.0 Å². The lowest BCUT2D eigenvalue weighted by Crippen LogP contribution is -1.93. The Morgan fingerprint density at radius 2 is 1.64 bits per heavy atom. The topological polar surface area (TPSA) is 17.1 Å². The highest BCUT2D eigenvalue weighted by Gasteiger charge is 2.04. The Balaban J connectivity index is 1.92. The minimum Gasteiger partial charge on any atom is -0.295 e. The minimum absolute atomic E-state index is 0.138. The van der Waals surface area contributed by atoms with E-state index in [1.54, 1.807) is 6.92 Å². The number of ketones is 1. The molecule has 118 valence electrons. The molecule has 2 aromatic rings. The SMILES string of the molecule is CCCCCCCCCc1cccc2cc(C(C)=O)ccc12. The Kier molecular flexibility index (Phi) is 6.64. The van der Waals surface area contributed by atoms with Crippen molar-refractivity contribution < 1.29 is 4.79 Å². The number of fused-ring (bicyclic) bond motifs is 1. The van der Waals surface area contributed by atoms with Gasteiger partial charge in [-0.1, -0.05) is 75.8 Å². The van der Waals surface area contributed by atoms with Crippen molar-refractivity contribution in [3.63, 3.8) is 0 Å². The zero-order chi connectivity index (χ0) is 15.8. The molecule has 0 bridgehead atoms. The maximum Gasteiger partial charge on any atom is 0.159 e. The minimum atomic E-state index is 0.138. The van der Waals surface area contributed by atoms with Crippen LogP contribution in [0.15, 0.2) is 36.4 Å². The van der Waals surface area contributed by atoms with Gasteiger partial charge in [0.05, 0.1) is 0 Å². The lowest BCUT2D eigenvalue weighted by atomic mass is 9.97. The van der Waals surface area contributed by atoms with E-state index in [2.05, 4.69) is 31.2 Å². The molecule has 0 aliphatic heterocycles. The van der Waals surface area contributed by atoms with Crippen LogP contribution in [-0.4, -0.2) is 5.78 Å². The van der Waals surface area contributed by atoms with Crippen LogP contribution in [0.3, 0.4) is 0 Å². The van der Waals surface area contributed by atoms with Gasteiger partial charge in [-0.05, 0) is 42.2 Å². The van der Waals surface area contributed by atoms with Gasteiger partial charge >= 0.3 is 0 Å². The van der Waals surface area contributed by atoms with Crippen LogP contribution in [0.5, 0.6) is 0 Å². The van der Waals surface area contributed by atoms with E-state index in [0.29, 0.717) is 0 Å². The smallest absolute Gasteiger partial charge is 0.159 e. The van der Waals surface area contributed by atoms with E-state index in [-0.39, 0.29) is 5.78 Å². The van der Waals surface area contributed by atoms with Crippen LogP contribution in [0.1, 0.15) is 74.7 Å². The average molecular weight is 296 g/mol. The molecule has 0 aromatic heterocycles. The second kappa shape index (κ2) is 8.73. The molecule has 0 unspecified atom stereocenters. The number of hydrogen-bond acceptors (Lipinski definition) is 1. The summed E-state index contributed by atoms with van der Waals surface area (Å²) in [5, 5.41) is 2.49. The van der Waals surface area contributed by atoms with E-state index >= 15 is 0 Å². The molecule has 1 nitrogen and oxygen atoms in total. The zero-order valence-electron chi connectivity index (χ0n) is 14.0. The van der Waals surface area contributed by atoms with Gasteiger partial charge in [-0.2, -0.15) is 0 Å². The lowest BCUT2D eigenvalue weighted by Gasteiger charge is -2.08. The summed E-state index contributed by atoms with van der Waals surface area (Å²) >= 11 is 0. The molecule has 0 fully saturated rings. The van der Waals surface area contributed by atoms with Crippen molar-refractivity contribution in [3.05, 3.63) is 47.5 Å². The largest absolute Gasteiger partial charge is 0.295 e. The third kappa shape index (κ3) is 4.69. The maximum atomic E-state index is 11.5. The molecule has 1 heteroatoms. The van der Waals surface area contributed by atoms with Gasteiger partial charge in [-0.15, -0.1) is 0 Å². The van der Waals surface area contributed by atoms with E-state index in [4.69, 9.17) is 0 Å². The van der Waals surface area contributed by atoms with Crippen molar-refractivity contribution in [2.45, 2.75) is 65.2 Å². The van der Waals surface area contributed by atoms with Crippen LogP contribution in [0.4, 0.5) is 0 Å². The first-order valence-electron chi connectivity index (χ1n) is 8.75. The van der Waals surface area contributed by atoms with Gasteiger partial charge in [-0.3, -0.25) is 4.79 Å². The molecular weight excluding hydrogens is 268 g/mol. The number of unbranched alkanes of at least 4 members (excludes halogenated alkanes) is 6. The first-order chi connectivity index (χ1) is 10.7. The Hall–Kier alpha value is -1.63.